The van der Waals surface area contributed by atoms with E-state index in [4.69, 9.17) is 5.73 Å². The molecule has 2 aromatic heterocycles. The molecule has 4 rings (SSSR count). The molecule has 0 radical (unpaired) electrons. The molecule has 1 aliphatic heterocycles. The van der Waals surface area contributed by atoms with E-state index in [0.29, 0.717) is 11.2 Å². The van der Waals surface area contributed by atoms with Gasteiger partial charge in [0.15, 0.2) is 0 Å². The van der Waals surface area contributed by atoms with Gasteiger partial charge in [0, 0.05) is 6.07 Å². The third-order valence-corrected chi connectivity index (χ3v) is 4.38. The minimum absolute atomic E-state index is 0.00216. The number of imidazole rings is 1. The molecular weight excluding hydrogens is 310 g/mol. The van der Waals surface area contributed by atoms with Gasteiger partial charge in [-0.2, -0.15) is 0 Å². The zero-order chi connectivity index (χ0) is 17.2. The Morgan fingerprint density at radius 1 is 1.12 bits per heavy atom. The average Bonchev–Trinajstić information content (AvgIpc) is 3.07. The maximum atomic E-state index is 12.6. The van der Waals surface area contributed by atoms with Gasteiger partial charge in [0.25, 0.3) is 17.4 Å². The van der Waals surface area contributed by atoms with Crippen molar-refractivity contribution in [2.45, 2.75) is 13.8 Å². The quantitative estimate of drug-likeness (QED) is 0.572. The van der Waals surface area contributed by atoms with Crippen LogP contribution in [0.1, 0.15) is 31.8 Å². The zero-order valence-corrected chi connectivity index (χ0v) is 12.9. The highest BCUT2D eigenvalue weighted by Gasteiger charge is 2.32. The van der Waals surface area contributed by atoms with Crippen LogP contribution in [0.3, 0.4) is 0 Å². The number of anilines is 1. The van der Waals surface area contributed by atoms with Crippen molar-refractivity contribution >= 4 is 28.7 Å². The molecule has 120 valence electrons. The highest BCUT2D eigenvalue weighted by molar-refractivity contribution is 6.23. The largest absolute Gasteiger partial charge is 0.384 e. The fraction of sp³-hybridized carbons (Fsp3) is 0.125. The average molecular weight is 323 g/mol. The molecule has 4 N–H and O–H groups in total. The van der Waals surface area contributed by atoms with E-state index in [1.165, 1.54) is 10.9 Å². The SMILES string of the molecule is Cc1cc2[nH]cnc2c(-n2c(N)c3c(cc2=O)C(=O)NC3=O)c1C. The van der Waals surface area contributed by atoms with Crippen molar-refractivity contribution < 1.29 is 9.59 Å². The monoisotopic (exact) mass is 323 g/mol. The number of hydrogen-bond donors (Lipinski definition) is 3. The number of carbonyl (C=O) groups excluding carboxylic acids is 2. The molecule has 0 spiro atoms. The van der Waals surface area contributed by atoms with Gasteiger partial charge < -0.3 is 10.7 Å². The second-order valence-electron chi connectivity index (χ2n) is 5.74. The Hall–Kier alpha value is -3.42. The molecular formula is C16H13N5O3. The first kappa shape index (κ1) is 14.2. The maximum Gasteiger partial charge on any atom is 0.262 e. The minimum atomic E-state index is -0.614. The molecule has 0 saturated carbocycles. The number of hydrogen-bond acceptors (Lipinski definition) is 5. The number of pyridine rings is 1. The molecule has 2 amide bonds. The number of nitrogens with one attached hydrogen (secondary N) is 2. The van der Waals surface area contributed by atoms with E-state index in [0.717, 1.165) is 22.7 Å². The van der Waals surface area contributed by atoms with Crippen molar-refractivity contribution in [1.29, 1.82) is 0 Å². The van der Waals surface area contributed by atoms with Crippen LogP contribution >= 0.6 is 0 Å². The van der Waals surface area contributed by atoms with Crippen LogP contribution in [0.15, 0.2) is 23.3 Å². The van der Waals surface area contributed by atoms with Crippen LogP contribution in [-0.4, -0.2) is 26.3 Å². The number of fused-ring (bicyclic) bond motifs is 2. The van der Waals surface area contributed by atoms with Gasteiger partial charge >= 0.3 is 0 Å². The lowest BCUT2D eigenvalue weighted by Crippen LogP contribution is -2.25. The second kappa shape index (κ2) is 4.54. The number of benzene rings is 1. The van der Waals surface area contributed by atoms with E-state index in [-0.39, 0.29) is 16.9 Å². The number of carbonyl (C=O) groups is 2. The number of amides is 2. The molecule has 8 heteroatoms. The third-order valence-electron chi connectivity index (χ3n) is 4.38. The first-order valence-electron chi connectivity index (χ1n) is 7.25. The Balaban J connectivity index is 2.18. The number of rotatable bonds is 1. The van der Waals surface area contributed by atoms with Crippen molar-refractivity contribution in [2.75, 3.05) is 5.73 Å². The van der Waals surface area contributed by atoms with Crippen molar-refractivity contribution in [1.82, 2.24) is 19.9 Å². The summed E-state index contributed by atoms with van der Waals surface area (Å²) < 4.78 is 1.24. The van der Waals surface area contributed by atoms with Crippen LogP contribution in [0.2, 0.25) is 0 Å². The van der Waals surface area contributed by atoms with Crippen LogP contribution in [0.25, 0.3) is 16.7 Å². The number of aromatic nitrogens is 3. The molecule has 24 heavy (non-hydrogen) atoms. The number of imide groups is 1. The highest BCUT2D eigenvalue weighted by atomic mass is 16.2. The first-order chi connectivity index (χ1) is 11.4. The van der Waals surface area contributed by atoms with Gasteiger partial charge in [-0.15, -0.1) is 0 Å². The van der Waals surface area contributed by atoms with Gasteiger partial charge in [0.1, 0.15) is 11.3 Å². The van der Waals surface area contributed by atoms with Gasteiger partial charge in [-0.25, -0.2) is 4.98 Å². The number of aromatic amines is 1. The van der Waals surface area contributed by atoms with E-state index < -0.39 is 17.4 Å². The molecule has 1 aromatic carbocycles. The minimum Gasteiger partial charge on any atom is -0.384 e. The third kappa shape index (κ3) is 1.67. The van der Waals surface area contributed by atoms with Crippen molar-refractivity contribution in [3.05, 3.63) is 51.1 Å². The second-order valence-corrected chi connectivity index (χ2v) is 5.74. The summed E-state index contributed by atoms with van der Waals surface area (Å²) in [6.07, 6.45) is 1.53. The predicted molar refractivity (Wildman–Crippen MR) is 87.4 cm³/mol. The Morgan fingerprint density at radius 2 is 1.88 bits per heavy atom. The fourth-order valence-electron chi connectivity index (χ4n) is 3.08. The van der Waals surface area contributed by atoms with Gasteiger partial charge in [0.05, 0.1) is 28.7 Å². The van der Waals surface area contributed by atoms with Crippen LogP contribution in [0.5, 0.6) is 0 Å². The van der Waals surface area contributed by atoms with Gasteiger partial charge in [-0.3, -0.25) is 24.3 Å². The highest BCUT2D eigenvalue weighted by Crippen LogP contribution is 2.29. The van der Waals surface area contributed by atoms with E-state index in [9.17, 15) is 14.4 Å². The Labute approximate surface area is 135 Å². The van der Waals surface area contributed by atoms with E-state index in [2.05, 4.69) is 15.3 Å². The van der Waals surface area contributed by atoms with Gasteiger partial charge in [0.2, 0.25) is 0 Å². The van der Waals surface area contributed by atoms with Crippen LogP contribution < -0.4 is 16.6 Å². The van der Waals surface area contributed by atoms with Gasteiger partial charge in [-0.1, -0.05) is 0 Å². The van der Waals surface area contributed by atoms with Crippen molar-refractivity contribution in [3.63, 3.8) is 0 Å². The van der Waals surface area contributed by atoms with Crippen molar-refractivity contribution in [3.8, 4) is 5.69 Å². The lowest BCUT2D eigenvalue weighted by atomic mass is 10.0. The maximum absolute atomic E-state index is 12.6. The molecule has 0 atom stereocenters. The van der Waals surface area contributed by atoms with E-state index in [1.54, 1.807) is 0 Å². The summed E-state index contributed by atoms with van der Waals surface area (Å²) in [5.74, 6) is -1.29. The molecule has 0 bridgehead atoms. The van der Waals surface area contributed by atoms with Crippen LogP contribution in [-0.2, 0) is 0 Å². The predicted octanol–water partition coefficient (Wildman–Crippen LogP) is 0.796. The standard InChI is InChI=1S/C16H13N5O3/c1-6-3-9-12(19-5-18-9)13(7(6)2)21-10(22)4-8-11(14(21)17)16(24)20-15(8)23/h3-5H,17H2,1-2H3,(H,18,19)(H,20,23,24). The summed E-state index contributed by atoms with van der Waals surface area (Å²) in [4.78, 5) is 43.7. The Kier molecular flexibility index (Phi) is 2.69. The van der Waals surface area contributed by atoms with Crippen molar-refractivity contribution in [2.24, 2.45) is 0 Å². The number of nitrogen functional groups attached to an aromatic ring is 1. The summed E-state index contributed by atoms with van der Waals surface area (Å²) in [6.45, 7) is 3.76. The summed E-state index contributed by atoms with van der Waals surface area (Å²) in [7, 11) is 0. The molecule has 0 saturated heterocycles. The zero-order valence-electron chi connectivity index (χ0n) is 12.9. The Bertz CT molecular complexity index is 1120. The number of H-pyrrole nitrogens is 1. The van der Waals surface area contributed by atoms with Crippen LogP contribution in [0.4, 0.5) is 5.82 Å². The summed E-state index contributed by atoms with van der Waals surface area (Å²) >= 11 is 0. The molecule has 8 nitrogen and oxygen atoms in total. The lowest BCUT2D eigenvalue weighted by molar-refractivity contribution is 0.0880. The normalized spacial score (nSPS) is 13.4. The summed E-state index contributed by atoms with van der Waals surface area (Å²) in [6, 6.07) is 3.05. The summed E-state index contributed by atoms with van der Waals surface area (Å²) in [5.41, 5.74) is 9.21. The molecule has 1 aliphatic rings. The molecule has 3 heterocycles. The Morgan fingerprint density at radius 3 is 2.62 bits per heavy atom. The molecule has 0 fully saturated rings. The fourth-order valence-corrected chi connectivity index (χ4v) is 3.08. The van der Waals surface area contributed by atoms with E-state index in [1.807, 2.05) is 19.9 Å². The van der Waals surface area contributed by atoms with E-state index >= 15 is 0 Å². The molecule has 0 unspecified atom stereocenters. The molecule has 3 aromatic rings. The first-order valence-corrected chi connectivity index (χ1v) is 7.25. The topological polar surface area (TPSA) is 123 Å². The number of nitrogens with two attached hydrogens (primary N) is 1. The lowest BCUT2D eigenvalue weighted by Gasteiger charge is -2.16. The number of nitrogens with zero attached hydrogens (tertiary/aromatic N) is 2. The van der Waals surface area contributed by atoms with Crippen LogP contribution in [0, 0.1) is 13.8 Å². The number of aryl methyl sites for hydroxylation is 1. The summed E-state index contributed by atoms with van der Waals surface area (Å²) in [5, 5.41) is 2.16. The molecule has 0 aliphatic carbocycles. The smallest absolute Gasteiger partial charge is 0.262 e. The van der Waals surface area contributed by atoms with Gasteiger partial charge in [-0.05, 0) is 31.0 Å².